The molecule has 1 atom stereocenters. The molecule has 0 amide bonds. The van der Waals surface area contributed by atoms with Gasteiger partial charge in [-0.3, -0.25) is 0 Å². The van der Waals surface area contributed by atoms with Gasteiger partial charge in [-0.25, -0.2) is 4.98 Å². The average Bonchev–Trinajstić information content (AvgIpc) is 2.86. The van der Waals surface area contributed by atoms with E-state index in [2.05, 4.69) is 36.1 Å². The number of benzene rings is 1. The van der Waals surface area contributed by atoms with Crippen molar-refractivity contribution in [1.29, 1.82) is 0 Å². The maximum Gasteiger partial charge on any atom is 0.121 e. The van der Waals surface area contributed by atoms with Crippen molar-refractivity contribution in [3.05, 3.63) is 24.0 Å². The van der Waals surface area contributed by atoms with Gasteiger partial charge in [-0.15, -0.1) is 0 Å². The minimum Gasteiger partial charge on any atom is -0.497 e. The summed E-state index contributed by atoms with van der Waals surface area (Å²) in [4.78, 5) is 7.89. The Morgan fingerprint density at radius 1 is 1.33 bits per heavy atom. The number of imidazole rings is 1. The number of nitrogens with one attached hydrogen (secondary N) is 2. The van der Waals surface area contributed by atoms with Crippen LogP contribution in [0.25, 0.3) is 11.0 Å². The zero-order valence-electron chi connectivity index (χ0n) is 13.5. The third kappa shape index (κ3) is 4.19. The van der Waals surface area contributed by atoms with E-state index in [9.17, 15) is 0 Å². The maximum absolute atomic E-state index is 5.46. The zero-order chi connectivity index (χ0) is 15.5. The summed E-state index contributed by atoms with van der Waals surface area (Å²) in [5.41, 5.74) is 1.83. The van der Waals surface area contributed by atoms with Gasteiger partial charge in [0.25, 0.3) is 0 Å². The molecule has 0 spiro atoms. The Labute approximate surface area is 126 Å². The number of ether oxygens (including phenoxy) is 2. The Kier molecular flexibility index (Phi) is 4.85. The van der Waals surface area contributed by atoms with Gasteiger partial charge in [-0.05, 0) is 39.3 Å². The van der Waals surface area contributed by atoms with Crippen LogP contribution < -0.4 is 10.1 Å². The minimum absolute atomic E-state index is 0.117. The molecule has 0 aliphatic carbocycles. The number of hydrogen-bond acceptors (Lipinski definition) is 4. The molecule has 0 saturated carbocycles. The first-order valence-electron chi connectivity index (χ1n) is 7.24. The molecule has 116 valence electrons. The third-order valence-electron chi connectivity index (χ3n) is 3.71. The van der Waals surface area contributed by atoms with Crippen molar-refractivity contribution in [3.8, 4) is 5.75 Å². The molecule has 0 bridgehead atoms. The summed E-state index contributed by atoms with van der Waals surface area (Å²) in [5.74, 6) is 1.76. The van der Waals surface area contributed by atoms with Crippen LogP contribution in [0.4, 0.5) is 0 Å². The number of fused-ring (bicyclic) bond motifs is 1. The first kappa shape index (κ1) is 15.8. The van der Waals surface area contributed by atoms with Gasteiger partial charge in [0.05, 0.1) is 30.3 Å². The van der Waals surface area contributed by atoms with E-state index in [-0.39, 0.29) is 5.60 Å². The number of rotatable bonds is 7. The van der Waals surface area contributed by atoms with Crippen LogP contribution in [-0.4, -0.2) is 35.8 Å². The number of H-pyrrole nitrogens is 1. The van der Waals surface area contributed by atoms with Gasteiger partial charge in [0.2, 0.25) is 0 Å². The Morgan fingerprint density at radius 3 is 2.76 bits per heavy atom. The van der Waals surface area contributed by atoms with Crippen LogP contribution in [0.3, 0.4) is 0 Å². The summed E-state index contributed by atoms with van der Waals surface area (Å²) in [6.45, 7) is 7.06. The summed E-state index contributed by atoms with van der Waals surface area (Å²) in [6, 6.07) is 6.20. The Balaban J connectivity index is 1.97. The summed E-state index contributed by atoms with van der Waals surface area (Å²) < 4.78 is 10.7. The molecule has 0 saturated heterocycles. The highest BCUT2D eigenvalue weighted by Gasteiger charge is 2.20. The van der Waals surface area contributed by atoms with Crippen LogP contribution in [0.1, 0.15) is 33.0 Å². The number of nitrogens with zero attached hydrogens (tertiary/aromatic N) is 1. The molecule has 1 aromatic heterocycles. The topological polar surface area (TPSA) is 59.2 Å². The molecule has 2 rings (SSSR count). The van der Waals surface area contributed by atoms with Gasteiger partial charge in [-0.1, -0.05) is 0 Å². The van der Waals surface area contributed by atoms with Crippen molar-refractivity contribution in [2.24, 2.45) is 0 Å². The molecule has 0 radical (unpaired) electrons. The minimum atomic E-state index is -0.117. The summed E-state index contributed by atoms with van der Waals surface area (Å²) in [6.07, 6.45) is 0.942. The van der Waals surface area contributed by atoms with Crippen molar-refractivity contribution in [3.63, 3.8) is 0 Å². The number of aromatic amines is 1. The van der Waals surface area contributed by atoms with Gasteiger partial charge >= 0.3 is 0 Å². The molecule has 0 unspecified atom stereocenters. The summed E-state index contributed by atoms with van der Waals surface area (Å²) in [5, 5.41) is 3.47. The SMILES string of the molecule is COc1ccc2nc(CN[C@H](C)CC(C)(C)OC)[nH]c2c1. The number of hydrogen-bond donors (Lipinski definition) is 2. The molecule has 2 aromatic rings. The Morgan fingerprint density at radius 2 is 2.10 bits per heavy atom. The van der Waals surface area contributed by atoms with Crippen LogP contribution in [0.5, 0.6) is 5.75 Å². The molecular weight excluding hydrogens is 266 g/mol. The van der Waals surface area contributed by atoms with Crippen molar-refractivity contribution in [2.45, 2.75) is 45.4 Å². The summed E-state index contributed by atoms with van der Waals surface area (Å²) in [7, 11) is 3.42. The molecule has 2 N–H and O–H groups in total. The van der Waals surface area contributed by atoms with E-state index >= 15 is 0 Å². The molecule has 21 heavy (non-hydrogen) atoms. The van der Waals surface area contributed by atoms with Gasteiger partial charge in [-0.2, -0.15) is 0 Å². The fraction of sp³-hybridized carbons (Fsp3) is 0.562. The maximum atomic E-state index is 5.46. The van der Waals surface area contributed by atoms with Crippen LogP contribution in [0, 0.1) is 0 Å². The second-order valence-electron chi connectivity index (χ2n) is 6.02. The van der Waals surface area contributed by atoms with Crippen molar-refractivity contribution in [1.82, 2.24) is 15.3 Å². The number of methoxy groups -OCH3 is 2. The smallest absolute Gasteiger partial charge is 0.121 e. The largest absolute Gasteiger partial charge is 0.497 e. The molecule has 1 heterocycles. The van der Waals surface area contributed by atoms with E-state index in [1.54, 1.807) is 14.2 Å². The normalized spacial score (nSPS) is 13.6. The second kappa shape index (κ2) is 6.45. The first-order chi connectivity index (χ1) is 9.93. The molecule has 5 nitrogen and oxygen atoms in total. The average molecular weight is 291 g/mol. The molecular formula is C16H25N3O2. The Bertz CT molecular complexity index is 592. The van der Waals surface area contributed by atoms with Gasteiger partial charge in [0.1, 0.15) is 11.6 Å². The lowest BCUT2D eigenvalue weighted by molar-refractivity contribution is 0.00840. The fourth-order valence-corrected chi connectivity index (χ4v) is 2.42. The summed E-state index contributed by atoms with van der Waals surface area (Å²) >= 11 is 0. The highest BCUT2D eigenvalue weighted by Crippen LogP contribution is 2.19. The highest BCUT2D eigenvalue weighted by molar-refractivity contribution is 5.76. The van der Waals surface area contributed by atoms with Crippen LogP contribution in [0.15, 0.2) is 18.2 Å². The fourth-order valence-electron chi connectivity index (χ4n) is 2.42. The van der Waals surface area contributed by atoms with E-state index in [0.29, 0.717) is 12.6 Å². The predicted molar refractivity (Wildman–Crippen MR) is 84.7 cm³/mol. The van der Waals surface area contributed by atoms with Crippen molar-refractivity contribution >= 4 is 11.0 Å². The quantitative estimate of drug-likeness (QED) is 0.823. The van der Waals surface area contributed by atoms with Crippen LogP contribution >= 0.6 is 0 Å². The lowest BCUT2D eigenvalue weighted by Gasteiger charge is -2.26. The Hall–Kier alpha value is -1.59. The standard InChI is InChI=1S/C16H25N3O2/c1-11(9-16(2,3)21-5)17-10-15-18-13-7-6-12(20-4)8-14(13)19-15/h6-8,11,17H,9-10H2,1-5H3,(H,18,19)/t11-/m1/s1. The second-order valence-corrected chi connectivity index (χ2v) is 6.02. The van der Waals surface area contributed by atoms with E-state index in [4.69, 9.17) is 9.47 Å². The van der Waals surface area contributed by atoms with E-state index in [1.807, 2.05) is 18.2 Å². The highest BCUT2D eigenvalue weighted by atomic mass is 16.5. The lowest BCUT2D eigenvalue weighted by atomic mass is 10.00. The van der Waals surface area contributed by atoms with E-state index in [1.165, 1.54) is 0 Å². The zero-order valence-corrected chi connectivity index (χ0v) is 13.5. The number of aromatic nitrogens is 2. The predicted octanol–water partition coefficient (Wildman–Crippen LogP) is 2.86. The molecule has 0 fully saturated rings. The van der Waals surface area contributed by atoms with E-state index in [0.717, 1.165) is 29.0 Å². The van der Waals surface area contributed by atoms with Crippen molar-refractivity contribution in [2.75, 3.05) is 14.2 Å². The first-order valence-corrected chi connectivity index (χ1v) is 7.24. The van der Waals surface area contributed by atoms with Crippen LogP contribution in [0.2, 0.25) is 0 Å². The van der Waals surface area contributed by atoms with Gasteiger partial charge < -0.3 is 19.8 Å². The molecule has 0 aliphatic heterocycles. The van der Waals surface area contributed by atoms with Crippen LogP contribution in [-0.2, 0) is 11.3 Å². The lowest BCUT2D eigenvalue weighted by Crippen LogP contribution is -2.35. The molecule has 0 aliphatic rings. The molecule has 1 aromatic carbocycles. The van der Waals surface area contributed by atoms with Gasteiger partial charge in [0, 0.05) is 19.2 Å². The molecule has 5 heteroatoms. The van der Waals surface area contributed by atoms with Gasteiger partial charge in [0.15, 0.2) is 0 Å². The van der Waals surface area contributed by atoms with E-state index < -0.39 is 0 Å². The monoisotopic (exact) mass is 291 g/mol. The van der Waals surface area contributed by atoms with Crippen molar-refractivity contribution < 1.29 is 9.47 Å². The third-order valence-corrected chi connectivity index (χ3v) is 3.71.